The van der Waals surface area contributed by atoms with Crippen molar-refractivity contribution in [2.45, 2.75) is 18.6 Å². The molecule has 4 rings (SSSR count). The molecule has 0 aliphatic heterocycles. The lowest BCUT2D eigenvalue weighted by molar-refractivity contribution is -0.117. The second-order valence-electron chi connectivity index (χ2n) is 5.90. The van der Waals surface area contributed by atoms with Crippen molar-refractivity contribution in [1.82, 2.24) is 30.2 Å². The number of hydrogen-bond acceptors (Lipinski definition) is 7. The number of amides is 3. The van der Waals surface area contributed by atoms with Crippen molar-refractivity contribution in [3.05, 3.63) is 54.2 Å². The maximum atomic E-state index is 12.1. The topological polar surface area (TPSA) is 114 Å². The fourth-order valence-corrected chi connectivity index (χ4v) is 3.39. The molecule has 0 atom stereocenters. The molecule has 0 radical (unpaired) electrons. The second kappa shape index (κ2) is 7.69. The van der Waals surface area contributed by atoms with Gasteiger partial charge in [-0.25, -0.2) is 14.8 Å². The quantitative estimate of drug-likeness (QED) is 0.393. The highest BCUT2D eigenvalue weighted by Gasteiger charge is 2.15. The van der Waals surface area contributed by atoms with Crippen LogP contribution in [-0.4, -0.2) is 37.3 Å². The molecule has 0 bridgehead atoms. The molecule has 2 N–H and O–H groups in total. The number of fused-ring (bicyclic) bond motifs is 3. The van der Waals surface area contributed by atoms with Crippen molar-refractivity contribution in [2.24, 2.45) is 0 Å². The Morgan fingerprint density at radius 2 is 2.04 bits per heavy atom. The Labute approximate surface area is 163 Å². The first-order valence-corrected chi connectivity index (χ1v) is 9.44. The van der Waals surface area contributed by atoms with E-state index in [1.165, 1.54) is 18.0 Å². The third-order valence-electron chi connectivity index (χ3n) is 3.84. The van der Waals surface area contributed by atoms with E-state index in [0.29, 0.717) is 22.4 Å². The molecule has 0 saturated heterocycles. The largest absolute Gasteiger partial charge is 0.467 e. The molecule has 0 spiro atoms. The summed E-state index contributed by atoms with van der Waals surface area (Å²) in [7, 11) is 0. The lowest BCUT2D eigenvalue weighted by Crippen LogP contribution is -2.39. The average molecular weight is 396 g/mol. The summed E-state index contributed by atoms with van der Waals surface area (Å²) in [6, 6.07) is 10.5. The zero-order chi connectivity index (χ0) is 19.5. The van der Waals surface area contributed by atoms with E-state index in [0.717, 1.165) is 10.9 Å². The summed E-state index contributed by atoms with van der Waals surface area (Å²) in [4.78, 5) is 32.9. The third kappa shape index (κ3) is 3.81. The summed E-state index contributed by atoms with van der Waals surface area (Å²) >= 11 is 1.18. The number of aryl methyl sites for hydroxylation is 1. The van der Waals surface area contributed by atoms with E-state index in [4.69, 9.17) is 4.42 Å². The van der Waals surface area contributed by atoms with Crippen LogP contribution in [0, 0.1) is 6.92 Å². The third-order valence-corrected chi connectivity index (χ3v) is 4.77. The molecule has 4 aromatic rings. The second-order valence-corrected chi connectivity index (χ2v) is 6.85. The van der Waals surface area contributed by atoms with Gasteiger partial charge in [0.25, 0.3) is 0 Å². The predicted octanol–water partition coefficient (Wildman–Crippen LogP) is 2.30. The van der Waals surface area contributed by atoms with Gasteiger partial charge >= 0.3 is 6.03 Å². The molecular weight excluding hydrogens is 380 g/mol. The number of hydrogen-bond donors (Lipinski definition) is 2. The van der Waals surface area contributed by atoms with E-state index in [2.05, 4.69) is 25.7 Å². The number of benzene rings is 1. The van der Waals surface area contributed by atoms with E-state index in [-0.39, 0.29) is 12.3 Å². The zero-order valence-electron chi connectivity index (χ0n) is 14.9. The molecule has 0 fully saturated rings. The summed E-state index contributed by atoms with van der Waals surface area (Å²) in [6.45, 7) is 2.00. The predicted molar refractivity (Wildman–Crippen MR) is 103 cm³/mol. The van der Waals surface area contributed by atoms with Gasteiger partial charge in [0, 0.05) is 5.39 Å². The van der Waals surface area contributed by atoms with Gasteiger partial charge in [-0.3, -0.25) is 10.1 Å². The number of carbonyl (C=O) groups is 2. The molecule has 3 heterocycles. The number of carbonyl (C=O) groups excluding carboxylic acids is 2. The Balaban J connectivity index is 1.43. The number of furan rings is 1. The van der Waals surface area contributed by atoms with Crippen LogP contribution in [0.15, 0.2) is 52.2 Å². The summed E-state index contributed by atoms with van der Waals surface area (Å²) in [5.74, 6) is 0.776. The normalized spacial score (nSPS) is 11.0. The molecule has 28 heavy (non-hydrogen) atoms. The monoisotopic (exact) mass is 396 g/mol. The average Bonchev–Trinajstić information content (AvgIpc) is 3.33. The number of rotatable bonds is 5. The van der Waals surface area contributed by atoms with Gasteiger partial charge < -0.3 is 9.73 Å². The molecular formula is C18H16N6O3S. The van der Waals surface area contributed by atoms with Crippen LogP contribution < -0.4 is 10.6 Å². The van der Waals surface area contributed by atoms with Crippen LogP contribution in [0.4, 0.5) is 4.79 Å². The molecule has 3 amide bonds. The van der Waals surface area contributed by atoms with Crippen molar-refractivity contribution < 1.29 is 14.0 Å². The van der Waals surface area contributed by atoms with Gasteiger partial charge in [0.2, 0.25) is 5.91 Å². The Bertz CT molecular complexity index is 1160. The Kier molecular flexibility index (Phi) is 4.94. The summed E-state index contributed by atoms with van der Waals surface area (Å²) in [5, 5.41) is 10.6. The van der Waals surface area contributed by atoms with Crippen LogP contribution in [0.1, 0.15) is 11.6 Å². The van der Waals surface area contributed by atoms with Crippen LogP contribution in [0.2, 0.25) is 0 Å². The molecule has 142 valence electrons. The van der Waals surface area contributed by atoms with Gasteiger partial charge in [0.05, 0.1) is 24.1 Å². The first kappa shape index (κ1) is 18.0. The van der Waals surface area contributed by atoms with Gasteiger partial charge in [-0.15, -0.1) is 5.10 Å². The summed E-state index contributed by atoms with van der Waals surface area (Å²) in [6.07, 6.45) is 1.51. The summed E-state index contributed by atoms with van der Waals surface area (Å²) < 4.78 is 6.73. The van der Waals surface area contributed by atoms with E-state index >= 15 is 0 Å². The van der Waals surface area contributed by atoms with Gasteiger partial charge in [-0.05, 0) is 31.2 Å². The molecule has 10 heteroatoms. The number of urea groups is 1. The van der Waals surface area contributed by atoms with E-state index in [1.54, 1.807) is 23.6 Å². The standard InChI is InChI=1S/C18H16N6O3S/c1-11-20-16-13-6-2-3-7-14(13)21-18(24(16)23-11)28-10-15(25)22-17(26)19-9-12-5-4-8-27-12/h2-8H,9-10H2,1H3,(H2,19,22,25,26). The highest BCUT2D eigenvalue weighted by atomic mass is 32.2. The molecule has 1 aromatic carbocycles. The number of para-hydroxylation sites is 1. The zero-order valence-corrected chi connectivity index (χ0v) is 15.7. The molecule has 0 unspecified atom stereocenters. The fraction of sp³-hybridized carbons (Fsp3) is 0.167. The fourth-order valence-electron chi connectivity index (χ4n) is 2.64. The first-order chi connectivity index (χ1) is 13.6. The van der Waals surface area contributed by atoms with Crippen molar-refractivity contribution >= 4 is 40.3 Å². The molecule has 0 saturated carbocycles. The van der Waals surface area contributed by atoms with Gasteiger partial charge in [-0.2, -0.15) is 4.52 Å². The molecule has 0 aliphatic carbocycles. The minimum Gasteiger partial charge on any atom is -0.467 e. The Morgan fingerprint density at radius 1 is 1.18 bits per heavy atom. The van der Waals surface area contributed by atoms with E-state index in [1.807, 2.05) is 24.3 Å². The van der Waals surface area contributed by atoms with Crippen LogP contribution in [-0.2, 0) is 11.3 Å². The lowest BCUT2D eigenvalue weighted by atomic mass is 10.2. The number of aromatic nitrogens is 4. The van der Waals surface area contributed by atoms with Crippen LogP contribution >= 0.6 is 11.8 Å². The van der Waals surface area contributed by atoms with Crippen LogP contribution in [0.5, 0.6) is 0 Å². The Hall–Kier alpha value is -3.40. The maximum Gasteiger partial charge on any atom is 0.321 e. The highest BCUT2D eigenvalue weighted by Crippen LogP contribution is 2.23. The minimum atomic E-state index is -0.588. The number of nitrogens with one attached hydrogen (secondary N) is 2. The highest BCUT2D eigenvalue weighted by molar-refractivity contribution is 7.99. The van der Waals surface area contributed by atoms with Crippen molar-refractivity contribution in [1.29, 1.82) is 0 Å². The molecule has 9 nitrogen and oxygen atoms in total. The van der Waals surface area contributed by atoms with E-state index in [9.17, 15) is 9.59 Å². The van der Waals surface area contributed by atoms with Gasteiger partial charge in [0.15, 0.2) is 10.8 Å². The lowest BCUT2D eigenvalue weighted by Gasteiger charge is -2.07. The van der Waals surface area contributed by atoms with Crippen molar-refractivity contribution in [3.63, 3.8) is 0 Å². The first-order valence-electron chi connectivity index (χ1n) is 8.45. The van der Waals surface area contributed by atoms with E-state index < -0.39 is 11.9 Å². The van der Waals surface area contributed by atoms with Crippen molar-refractivity contribution in [2.75, 3.05) is 5.75 Å². The Morgan fingerprint density at radius 3 is 2.86 bits per heavy atom. The molecule has 0 aliphatic rings. The van der Waals surface area contributed by atoms with Crippen LogP contribution in [0.25, 0.3) is 16.6 Å². The van der Waals surface area contributed by atoms with Gasteiger partial charge in [0.1, 0.15) is 11.6 Å². The number of thioether (sulfide) groups is 1. The van der Waals surface area contributed by atoms with Crippen LogP contribution in [0.3, 0.4) is 0 Å². The summed E-state index contributed by atoms with van der Waals surface area (Å²) in [5.41, 5.74) is 1.45. The molecule has 3 aromatic heterocycles. The van der Waals surface area contributed by atoms with Crippen molar-refractivity contribution in [3.8, 4) is 0 Å². The van der Waals surface area contributed by atoms with Gasteiger partial charge in [-0.1, -0.05) is 23.9 Å². The maximum absolute atomic E-state index is 12.1. The minimum absolute atomic E-state index is 0.00746. The number of imide groups is 1. The SMILES string of the molecule is Cc1nc2c3ccccc3nc(SCC(=O)NC(=O)NCc3ccco3)n2n1. The number of nitrogens with zero attached hydrogens (tertiary/aromatic N) is 4. The smallest absolute Gasteiger partial charge is 0.321 e.